The van der Waals surface area contributed by atoms with Crippen LogP contribution >= 0.6 is 23.2 Å². The molecular weight excluding hydrogens is 277 g/mol. The van der Waals surface area contributed by atoms with Crippen molar-refractivity contribution in [3.8, 4) is 0 Å². The van der Waals surface area contributed by atoms with Crippen molar-refractivity contribution in [3.63, 3.8) is 0 Å². The number of alkyl halides is 1. The van der Waals surface area contributed by atoms with Crippen molar-refractivity contribution in [2.75, 3.05) is 11.4 Å². The summed E-state index contributed by atoms with van der Waals surface area (Å²) in [7, 11) is 0. The molecular formula is C16H17Cl2N. The van der Waals surface area contributed by atoms with Crippen LogP contribution in [-0.2, 0) is 5.88 Å². The molecule has 0 aliphatic heterocycles. The standard InChI is InChI=1S/C16H17Cl2N/c1-3-19(14-6-4-5-12(2)9-14)16-8-7-13(11-17)10-15(16)18/h4-10H,3,11H2,1-2H3. The van der Waals surface area contributed by atoms with Gasteiger partial charge >= 0.3 is 0 Å². The molecule has 0 spiro atoms. The maximum Gasteiger partial charge on any atom is 0.0646 e. The number of hydrogen-bond donors (Lipinski definition) is 0. The minimum Gasteiger partial charge on any atom is -0.341 e. The van der Waals surface area contributed by atoms with E-state index in [2.05, 4.69) is 43.0 Å². The van der Waals surface area contributed by atoms with Gasteiger partial charge in [-0.25, -0.2) is 0 Å². The molecule has 0 saturated heterocycles. The van der Waals surface area contributed by atoms with Crippen LogP contribution in [0.2, 0.25) is 5.02 Å². The fourth-order valence-electron chi connectivity index (χ4n) is 2.14. The van der Waals surface area contributed by atoms with Gasteiger partial charge in [0, 0.05) is 18.1 Å². The molecule has 2 aromatic rings. The number of hydrogen-bond acceptors (Lipinski definition) is 1. The van der Waals surface area contributed by atoms with Crippen molar-refractivity contribution < 1.29 is 0 Å². The second-order valence-electron chi connectivity index (χ2n) is 4.50. The Bertz CT molecular complexity index is 566. The quantitative estimate of drug-likeness (QED) is 0.669. The van der Waals surface area contributed by atoms with E-state index >= 15 is 0 Å². The van der Waals surface area contributed by atoms with E-state index in [0.29, 0.717) is 5.88 Å². The third-order valence-corrected chi connectivity index (χ3v) is 3.70. The monoisotopic (exact) mass is 293 g/mol. The van der Waals surface area contributed by atoms with E-state index in [-0.39, 0.29) is 0 Å². The van der Waals surface area contributed by atoms with Gasteiger partial charge in [0.15, 0.2) is 0 Å². The second-order valence-corrected chi connectivity index (χ2v) is 5.18. The highest BCUT2D eigenvalue weighted by molar-refractivity contribution is 6.33. The van der Waals surface area contributed by atoms with Gasteiger partial charge in [-0.3, -0.25) is 0 Å². The van der Waals surface area contributed by atoms with Crippen LogP contribution in [0.3, 0.4) is 0 Å². The Morgan fingerprint density at radius 3 is 2.47 bits per heavy atom. The van der Waals surface area contributed by atoms with Crippen molar-refractivity contribution >= 4 is 34.6 Å². The molecule has 0 N–H and O–H groups in total. The fourth-order valence-corrected chi connectivity index (χ4v) is 2.61. The molecule has 0 heterocycles. The molecule has 0 fully saturated rings. The van der Waals surface area contributed by atoms with E-state index in [4.69, 9.17) is 23.2 Å². The number of rotatable bonds is 4. The highest BCUT2D eigenvalue weighted by Crippen LogP contribution is 2.33. The Morgan fingerprint density at radius 1 is 1.11 bits per heavy atom. The fraction of sp³-hybridized carbons (Fsp3) is 0.250. The van der Waals surface area contributed by atoms with Gasteiger partial charge in [0.05, 0.1) is 10.7 Å². The van der Waals surface area contributed by atoms with E-state index in [9.17, 15) is 0 Å². The summed E-state index contributed by atoms with van der Waals surface area (Å²) in [5.74, 6) is 0.483. The minimum atomic E-state index is 0.483. The maximum absolute atomic E-state index is 6.37. The topological polar surface area (TPSA) is 3.24 Å². The average molecular weight is 294 g/mol. The lowest BCUT2D eigenvalue weighted by atomic mass is 10.1. The largest absolute Gasteiger partial charge is 0.341 e. The SMILES string of the molecule is CCN(c1cccc(C)c1)c1ccc(CCl)cc1Cl. The summed E-state index contributed by atoms with van der Waals surface area (Å²) in [5.41, 5.74) is 4.45. The number of nitrogens with zero attached hydrogens (tertiary/aromatic N) is 1. The van der Waals surface area contributed by atoms with Crippen molar-refractivity contribution in [2.24, 2.45) is 0 Å². The molecule has 19 heavy (non-hydrogen) atoms. The van der Waals surface area contributed by atoms with Gasteiger partial charge < -0.3 is 4.90 Å². The summed E-state index contributed by atoms with van der Waals surface area (Å²) in [5, 5.41) is 0.738. The summed E-state index contributed by atoms with van der Waals surface area (Å²) in [6.07, 6.45) is 0. The lowest BCUT2D eigenvalue weighted by molar-refractivity contribution is 1.02. The first-order valence-corrected chi connectivity index (χ1v) is 7.25. The lowest BCUT2D eigenvalue weighted by Gasteiger charge is -2.25. The molecule has 0 unspecified atom stereocenters. The minimum absolute atomic E-state index is 0.483. The summed E-state index contributed by atoms with van der Waals surface area (Å²) in [6, 6.07) is 14.4. The zero-order valence-electron chi connectivity index (χ0n) is 11.2. The molecule has 0 aromatic heterocycles. The number of anilines is 2. The Labute approximate surface area is 124 Å². The molecule has 2 aromatic carbocycles. The van der Waals surface area contributed by atoms with Crippen molar-refractivity contribution in [1.29, 1.82) is 0 Å². The van der Waals surface area contributed by atoms with Gasteiger partial charge in [0.25, 0.3) is 0 Å². The Balaban J connectivity index is 2.42. The predicted molar refractivity (Wildman–Crippen MR) is 84.9 cm³/mol. The van der Waals surface area contributed by atoms with Crippen LogP contribution in [0.15, 0.2) is 42.5 Å². The smallest absolute Gasteiger partial charge is 0.0646 e. The van der Waals surface area contributed by atoms with Crippen LogP contribution in [0.1, 0.15) is 18.1 Å². The van der Waals surface area contributed by atoms with E-state index in [1.807, 2.05) is 18.2 Å². The van der Waals surface area contributed by atoms with Gasteiger partial charge in [-0.15, -0.1) is 11.6 Å². The van der Waals surface area contributed by atoms with Crippen LogP contribution in [0, 0.1) is 6.92 Å². The molecule has 0 radical (unpaired) electrons. The van der Waals surface area contributed by atoms with Crippen molar-refractivity contribution in [2.45, 2.75) is 19.7 Å². The number of benzene rings is 2. The molecule has 0 bridgehead atoms. The molecule has 3 heteroatoms. The normalized spacial score (nSPS) is 10.5. The Hall–Kier alpha value is -1.18. The summed E-state index contributed by atoms with van der Waals surface area (Å²) < 4.78 is 0. The molecule has 0 aliphatic rings. The molecule has 0 aliphatic carbocycles. The predicted octanol–water partition coefficient (Wildman–Crippen LogP) is 5.55. The first-order chi connectivity index (χ1) is 9.15. The average Bonchev–Trinajstić information content (AvgIpc) is 2.41. The third kappa shape index (κ3) is 3.23. The van der Waals surface area contributed by atoms with Crippen LogP contribution in [0.5, 0.6) is 0 Å². The van der Waals surface area contributed by atoms with Gasteiger partial charge in [-0.05, 0) is 49.2 Å². The second kappa shape index (κ2) is 6.31. The zero-order chi connectivity index (χ0) is 13.8. The molecule has 0 atom stereocenters. The van der Waals surface area contributed by atoms with E-state index in [1.54, 1.807) is 0 Å². The van der Waals surface area contributed by atoms with Crippen LogP contribution in [0.4, 0.5) is 11.4 Å². The van der Waals surface area contributed by atoms with Crippen molar-refractivity contribution in [3.05, 3.63) is 58.6 Å². The first kappa shape index (κ1) is 14.2. The zero-order valence-corrected chi connectivity index (χ0v) is 12.7. The number of halogens is 2. The Kier molecular flexibility index (Phi) is 4.73. The summed E-state index contributed by atoms with van der Waals surface area (Å²) >= 11 is 12.2. The Morgan fingerprint density at radius 2 is 1.89 bits per heavy atom. The summed E-state index contributed by atoms with van der Waals surface area (Å²) in [4.78, 5) is 2.20. The van der Waals surface area contributed by atoms with Crippen LogP contribution in [0.25, 0.3) is 0 Å². The molecule has 2 rings (SSSR count). The number of aryl methyl sites for hydroxylation is 1. The molecule has 100 valence electrons. The highest BCUT2D eigenvalue weighted by Gasteiger charge is 2.11. The van der Waals surface area contributed by atoms with Crippen LogP contribution < -0.4 is 4.90 Å². The van der Waals surface area contributed by atoms with Crippen LogP contribution in [-0.4, -0.2) is 6.54 Å². The molecule has 0 amide bonds. The maximum atomic E-state index is 6.37. The lowest BCUT2D eigenvalue weighted by Crippen LogP contribution is -2.16. The third-order valence-electron chi connectivity index (χ3n) is 3.09. The van der Waals surface area contributed by atoms with Crippen molar-refractivity contribution in [1.82, 2.24) is 0 Å². The van der Waals surface area contributed by atoms with E-state index in [1.165, 1.54) is 5.56 Å². The van der Waals surface area contributed by atoms with E-state index < -0.39 is 0 Å². The van der Waals surface area contributed by atoms with E-state index in [0.717, 1.165) is 28.5 Å². The van der Waals surface area contributed by atoms with Gasteiger partial charge in [-0.2, -0.15) is 0 Å². The molecule has 0 saturated carbocycles. The first-order valence-electron chi connectivity index (χ1n) is 6.34. The van der Waals surface area contributed by atoms with Gasteiger partial charge in [0.1, 0.15) is 0 Å². The van der Waals surface area contributed by atoms with Gasteiger partial charge in [0.2, 0.25) is 0 Å². The highest BCUT2D eigenvalue weighted by atomic mass is 35.5. The van der Waals surface area contributed by atoms with Gasteiger partial charge in [-0.1, -0.05) is 29.8 Å². The summed E-state index contributed by atoms with van der Waals surface area (Å²) in [6.45, 7) is 5.08. The molecule has 1 nitrogen and oxygen atoms in total.